The first-order chi connectivity index (χ1) is 5.70. The van der Waals surface area contributed by atoms with Crippen LogP contribution in [0.1, 0.15) is 5.69 Å². The summed E-state index contributed by atoms with van der Waals surface area (Å²) in [4.78, 5) is 11.1. The summed E-state index contributed by atoms with van der Waals surface area (Å²) in [6, 6.07) is 0. The molecule has 4 heteroatoms. The van der Waals surface area contributed by atoms with Crippen molar-refractivity contribution in [3.63, 3.8) is 0 Å². The molecule has 1 aromatic rings. The maximum Gasteiger partial charge on any atom is 0.311 e. The van der Waals surface area contributed by atoms with Crippen LogP contribution in [0.5, 0.6) is 5.06 Å². The molecule has 0 amide bonds. The molecule has 0 aliphatic carbocycles. The lowest BCUT2D eigenvalue weighted by molar-refractivity contribution is 0.420. The molecule has 3 nitrogen and oxygen atoms in total. The highest BCUT2D eigenvalue weighted by atomic mass is 32.1. The van der Waals surface area contributed by atoms with E-state index in [1.165, 1.54) is 4.57 Å². The van der Waals surface area contributed by atoms with Gasteiger partial charge < -0.3 is 4.74 Å². The van der Waals surface area contributed by atoms with E-state index in [9.17, 15) is 4.79 Å². The minimum Gasteiger partial charge on any atom is -0.486 e. The molecular formula is C8H9NO2S. The lowest BCUT2D eigenvalue weighted by Crippen LogP contribution is -2.13. The topological polar surface area (TPSA) is 31.2 Å². The Morgan fingerprint density at radius 1 is 1.75 bits per heavy atom. The predicted octanol–water partition coefficient (Wildman–Crippen LogP) is 0.860. The number of hydrogen-bond acceptors (Lipinski definition) is 3. The number of rotatable bonds is 2. The van der Waals surface area contributed by atoms with Gasteiger partial charge in [0.1, 0.15) is 0 Å². The number of nitrogens with zero attached hydrogens (tertiary/aromatic N) is 1. The molecule has 1 rings (SSSR count). The average molecular weight is 183 g/mol. The molecule has 0 radical (unpaired) electrons. The Morgan fingerprint density at radius 2 is 2.42 bits per heavy atom. The van der Waals surface area contributed by atoms with Gasteiger partial charge >= 0.3 is 4.87 Å². The molecule has 0 N–H and O–H groups in total. The fourth-order valence-electron chi connectivity index (χ4n) is 0.919. The molecule has 0 fully saturated rings. The Hall–Kier alpha value is -1.21. The van der Waals surface area contributed by atoms with E-state index >= 15 is 0 Å². The summed E-state index contributed by atoms with van der Waals surface area (Å²) in [5.41, 5.74) is 0.797. The smallest absolute Gasteiger partial charge is 0.311 e. The SMILES string of the molecule is C#CCn1c(C)c(OC)sc1=O. The van der Waals surface area contributed by atoms with Gasteiger partial charge in [-0.25, -0.2) is 0 Å². The lowest BCUT2D eigenvalue weighted by Gasteiger charge is -1.98. The van der Waals surface area contributed by atoms with Gasteiger partial charge in [-0.1, -0.05) is 5.92 Å². The molecule has 0 spiro atoms. The fourth-order valence-corrected chi connectivity index (χ4v) is 1.73. The van der Waals surface area contributed by atoms with Crippen LogP contribution in [-0.4, -0.2) is 11.7 Å². The van der Waals surface area contributed by atoms with Gasteiger partial charge in [0, 0.05) is 0 Å². The quantitative estimate of drug-likeness (QED) is 0.637. The average Bonchev–Trinajstić information content (AvgIpc) is 2.32. The van der Waals surface area contributed by atoms with E-state index in [0.29, 0.717) is 11.6 Å². The summed E-state index contributed by atoms with van der Waals surface area (Å²) >= 11 is 1.07. The third-order valence-corrected chi connectivity index (χ3v) is 2.58. The van der Waals surface area contributed by atoms with Crippen molar-refractivity contribution in [2.24, 2.45) is 0 Å². The van der Waals surface area contributed by atoms with E-state index in [1.807, 2.05) is 6.92 Å². The molecule has 0 atom stereocenters. The molecule has 0 aliphatic heterocycles. The molecule has 1 heterocycles. The van der Waals surface area contributed by atoms with Crippen LogP contribution in [0, 0.1) is 19.3 Å². The van der Waals surface area contributed by atoms with Crippen LogP contribution < -0.4 is 9.61 Å². The number of ether oxygens (including phenoxy) is 1. The van der Waals surface area contributed by atoms with Crippen molar-refractivity contribution < 1.29 is 4.74 Å². The highest BCUT2D eigenvalue weighted by Gasteiger charge is 2.09. The number of hydrogen-bond donors (Lipinski definition) is 0. The molecule has 0 aromatic carbocycles. The molecule has 0 saturated heterocycles. The van der Waals surface area contributed by atoms with Crippen molar-refractivity contribution >= 4 is 11.3 Å². The highest BCUT2D eigenvalue weighted by molar-refractivity contribution is 7.11. The second-order valence-electron chi connectivity index (χ2n) is 2.24. The molecule has 0 unspecified atom stereocenters. The molecule has 0 aliphatic rings. The zero-order chi connectivity index (χ0) is 9.14. The summed E-state index contributed by atoms with van der Waals surface area (Å²) in [7, 11) is 1.54. The first kappa shape index (κ1) is 8.88. The van der Waals surface area contributed by atoms with Gasteiger partial charge in [-0.2, -0.15) is 0 Å². The largest absolute Gasteiger partial charge is 0.486 e. The Labute approximate surface area is 74.6 Å². The van der Waals surface area contributed by atoms with Crippen LogP contribution in [-0.2, 0) is 6.54 Å². The number of terminal acetylenes is 1. The van der Waals surface area contributed by atoms with Crippen LogP contribution in [0.15, 0.2) is 4.79 Å². The van der Waals surface area contributed by atoms with Gasteiger partial charge in [-0.3, -0.25) is 9.36 Å². The van der Waals surface area contributed by atoms with Crippen LogP contribution in [0.25, 0.3) is 0 Å². The molecule has 64 valence electrons. The Kier molecular flexibility index (Phi) is 2.56. The summed E-state index contributed by atoms with van der Waals surface area (Å²) in [5.74, 6) is 2.42. The van der Waals surface area contributed by atoms with E-state index < -0.39 is 0 Å². The lowest BCUT2D eigenvalue weighted by atomic mass is 10.5. The third kappa shape index (κ3) is 1.36. The van der Waals surface area contributed by atoms with E-state index in [1.54, 1.807) is 7.11 Å². The van der Waals surface area contributed by atoms with Crippen molar-refractivity contribution in [1.82, 2.24) is 4.57 Å². The Balaban J connectivity index is 3.21. The third-order valence-electron chi connectivity index (χ3n) is 1.54. The normalized spacial score (nSPS) is 9.42. The molecular weight excluding hydrogens is 174 g/mol. The van der Waals surface area contributed by atoms with E-state index in [0.717, 1.165) is 17.0 Å². The van der Waals surface area contributed by atoms with Gasteiger partial charge in [0.15, 0.2) is 5.06 Å². The van der Waals surface area contributed by atoms with Crippen molar-refractivity contribution in [3.05, 3.63) is 15.4 Å². The highest BCUT2D eigenvalue weighted by Crippen LogP contribution is 2.19. The van der Waals surface area contributed by atoms with Gasteiger partial charge in [0.05, 0.1) is 19.3 Å². The summed E-state index contributed by atoms with van der Waals surface area (Å²) in [6.45, 7) is 2.12. The first-order valence-electron chi connectivity index (χ1n) is 3.38. The number of aromatic nitrogens is 1. The van der Waals surface area contributed by atoms with Gasteiger partial charge in [0.2, 0.25) is 0 Å². The van der Waals surface area contributed by atoms with Crippen molar-refractivity contribution in [2.75, 3.05) is 7.11 Å². The second kappa shape index (κ2) is 3.46. The maximum atomic E-state index is 11.2. The monoisotopic (exact) mass is 183 g/mol. The maximum absolute atomic E-state index is 11.2. The summed E-state index contributed by atoms with van der Waals surface area (Å²) in [6.07, 6.45) is 5.10. The Bertz CT molecular complexity index is 369. The van der Waals surface area contributed by atoms with Gasteiger partial charge in [-0.15, -0.1) is 6.42 Å². The van der Waals surface area contributed by atoms with Crippen molar-refractivity contribution in [3.8, 4) is 17.4 Å². The summed E-state index contributed by atoms with van der Waals surface area (Å²) < 4.78 is 6.50. The first-order valence-corrected chi connectivity index (χ1v) is 4.20. The minimum absolute atomic E-state index is 0.0673. The number of methoxy groups -OCH3 is 1. The Morgan fingerprint density at radius 3 is 2.83 bits per heavy atom. The van der Waals surface area contributed by atoms with E-state index in [2.05, 4.69) is 5.92 Å². The summed E-state index contributed by atoms with van der Waals surface area (Å²) in [5, 5.41) is 0.634. The van der Waals surface area contributed by atoms with Crippen LogP contribution in [0.2, 0.25) is 0 Å². The van der Waals surface area contributed by atoms with Crippen molar-refractivity contribution in [2.45, 2.75) is 13.5 Å². The minimum atomic E-state index is -0.0673. The number of thiazole rings is 1. The van der Waals surface area contributed by atoms with E-state index in [-0.39, 0.29) is 4.87 Å². The predicted molar refractivity (Wildman–Crippen MR) is 48.7 cm³/mol. The molecule has 12 heavy (non-hydrogen) atoms. The second-order valence-corrected chi connectivity index (χ2v) is 3.16. The fraction of sp³-hybridized carbons (Fsp3) is 0.375. The zero-order valence-electron chi connectivity index (χ0n) is 6.96. The van der Waals surface area contributed by atoms with Crippen LogP contribution >= 0.6 is 11.3 Å². The zero-order valence-corrected chi connectivity index (χ0v) is 7.77. The standard InChI is InChI=1S/C8H9NO2S/c1-4-5-9-6(2)7(11-3)12-8(9)10/h1H,5H2,2-3H3. The van der Waals surface area contributed by atoms with Crippen LogP contribution in [0.3, 0.4) is 0 Å². The van der Waals surface area contributed by atoms with Crippen molar-refractivity contribution in [1.29, 1.82) is 0 Å². The van der Waals surface area contributed by atoms with Gasteiger partial charge in [-0.05, 0) is 18.3 Å². The van der Waals surface area contributed by atoms with Crippen LogP contribution in [0.4, 0.5) is 0 Å². The van der Waals surface area contributed by atoms with Gasteiger partial charge in [0.25, 0.3) is 0 Å². The molecule has 1 aromatic heterocycles. The van der Waals surface area contributed by atoms with E-state index in [4.69, 9.17) is 11.2 Å². The molecule has 0 saturated carbocycles. The molecule has 0 bridgehead atoms.